The maximum atomic E-state index is 11.1. The minimum absolute atomic E-state index is 0.304. The summed E-state index contributed by atoms with van der Waals surface area (Å²) < 4.78 is 6.07. The molecule has 128 valence electrons. The molecule has 0 saturated heterocycles. The maximum absolute atomic E-state index is 11.1. The monoisotopic (exact) mass is 326 g/mol. The summed E-state index contributed by atoms with van der Waals surface area (Å²) in [6.45, 7) is 4.47. The van der Waals surface area contributed by atoms with Crippen molar-refractivity contribution >= 4 is 22.8 Å². The largest absolute Gasteiger partial charge is 0.492 e. The summed E-state index contributed by atoms with van der Waals surface area (Å²) >= 11 is 0. The highest BCUT2D eigenvalue weighted by molar-refractivity contribution is 5.96. The molecule has 2 aromatic rings. The Morgan fingerprint density at radius 2 is 1.83 bits per heavy atom. The Bertz CT molecular complexity index is 716. The predicted molar refractivity (Wildman–Crippen MR) is 99.5 cm³/mol. The van der Waals surface area contributed by atoms with Crippen LogP contribution < -0.4 is 4.74 Å². The van der Waals surface area contributed by atoms with Gasteiger partial charge in [0.2, 0.25) is 0 Å². The van der Waals surface area contributed by atoms with Gasteiger partial charge in [-0.05, 0) is 24.8 Å². The molecule has 0 aliphatic carbocycles. The topological polar surface area (TPSA) is 46.5 Å². The van der Waals surface area contributed by atoms with Crippen LogP contribution in [0.15, 0.2) is 42.0 Å². The number of fused-ring (bicyclic) bond motifs is 1. The smallest absolute Gasteiger partial charge is 0.331 e. The summed E-state index contributed by atoms with van der Waals surface area (Å²) in [5.41, 5.74) is 1.13. The molecule has 0 bridgehead atoms. The standard InChI is InChI=1S/C21H26O3/c1-3-4-5-6-9-14-24-20-18(15-16(2)21(22)23)13-12-17-10-7-8-11-19(17)20/h7-8,10-13,15H,3-6,9,14H2,1-2H3,(H,22,23)/b16-15+. The number of rotatable bonds is 9. The third-order valence-electron chi connectivity index (χ3n) is 4.11. The molecule has 1 N–H and O–H groups in total. The highest BCUT2D eigenvalue weighted by Gasteiger charge is 2.09. The van der Waals surface area contributed by atoms with Gasteiger partial charge in [0, 0.05) is 16.5 Å². The van der Waals surface area contributed by atoms with Gasteiger partial charge in [0.25, 0.3) is 0 Å². The van der Waals surface area contributed by atoms with Crippen molar-refractivity contribution in [3.05, 3.63) is 47.5 Å². The van der Waals surface area contributed by atoms with Gasteiger partial charge in [-0.3, -0.25) is 0 Å². The highest BCUT2D eigenvalue weighted by atomic mass is 16.5. The average molecular weight is 326 g/mol. The van der Waals surface area contributed by atoms with E-state index in [4.69, 9.17) is 9.84 Å². The molecule has 0 aliphatic heterocycles. The molecule has 2 aromatic carbocycles. The van der Waals surface area contributed by atoms with E-state index in [1.807, 2.05) is 36.4 Å². The van der Waals surface area contributed by atoms with Crippen molar-refractivity contribution < 1.29 is 14.6 Å². The van der Waals surface area contributed by atoms with Crippen molar-refractivity contribution in [1.29, 1.82) is 0 Å². The third kappa shape index (κ3) is 4.85. The molecule has 0 spiro atoms. The van der Waals surface area contributed by atoms with Gasteiger partial charge in [0.05, 0.1) is 6.61 Å². The third-order valence-corrected chi connectivity index (χ3v) is 4.11. The summed E-state index contributed by atoms with van der Waals surface area (Å²) in [4.78, 5) is 11.1. The molecule has 0 radical (unpaired) electrons. The molecule has 2 rings (SSSR count). The predicted octanol–water partition coefficient (Wildman–Crippen LogP) is 5.68. The molecule has 0 aromatic heterocycles. The van der Waals surface area contributed by atoms with E-state index in [1.165, 1.54) is 19.3 Å². The van der Waals surface area contributed by atoms with Crippen LogP contribution in [0.3, 0.4) is 0 Å². The van der Waals surface area contributed by atoms with Gasteiger partial charge >= 0.3 is 5.97 Å². The first kappa shape index (κ1) is 18.1. The minimum atomic E-state index is -0.909. The quantitative estimate of drug-likeness (QED) is 0.476. The molecule has 3 heteroatoms. The number of carbonyl (C=O) groups is 1. The van der Waals surface area contributed by atoms with Crippen molar-refractivity contribution in [3.8, 4) is 5.75 Å². The zero-order valence-electron chi connectivity index (χ0n) is 14.5. The van der Waals surface area contributed by atoms with Crippen LogP contribution >= 0.6 is 0 Å². The van der Waals surface area contributed by atoms with Crippen molar-refractivity contribution in [2.75, 3.05) is 6.61 Å². The highest BCUT2D eigenvalue weighted by Crippen LogP contribution is 2.31. The van der Waals surface area contributed by atoms with Crippen molar-refractivity contribution in [3.63, 3.8) is 0 Å². The van der Waals surface area contributed by atoms with Gasteiger partial charge in [-0.15, -0.1) is 0 Å². The second-order valence-electron chi connectivity index (χ2n) is 6.10. The summed E-state index contributed by atoms with van der Waals surface area (Å²) in [7, 11) is 0. The van der Waals surface area contributed by atoms with Crippen LogP contribution in [0.5, 0.6) is 5.75 Å². The summed E-state index contributed by atoms with van der Waals surface area (Å²) in [5.74, 6) is -0.127. The van der Waals surface area contributed by atoms with Crippen LogP contribution in [0, 0.1) is 0 Å². The SMILES string of the molecule is CCCCCCCOc1c(/C=C(\C)C(=O)O)ccc2ccccc12. The molecular formula is C21H26O3. The number of unbranched alkanes of at least 4 members (excludes halogenated alkanes) is 4. The van der Waals surface area contributed by atoms with E-state index in [0.29, 0.717) is 12.2 Å². The zero-order valence-corrected chi connectivity index (χ0v) is 14.5. The van der Waals surface area contributed by atoms with Crippen LogP contribution in [-0.4, -0.2) is 17.7 Å². The van der Waals surface area contributed by atoms with E-state index in [1.54, 1.807) is 13.0 Å². The second kappa shape index (κ2) is 9.11. The van der Waals surface area contributed by atoms with E-state index in [9.17, 15) is 4.79 Å². The van der Waals surface area contributed by atoms with E-state index in [-0.39, 0.29) is 0 Å². The number of carboxylic acids is 1. The fourth-order valence-electron chi connectivity index (χ4n) is 2.71. The molecular weight excluding hydrogens is 300 g/mol. The molecule has 0 saturated carbocycles. The maximum Gasteiger partial charge on any atom is 0.331 e. The molecule has 0 heterocycles. The Labute approximate surface area is 144 Å². The zero-order chi connectivity index (χ0) is 17.4. The van der Waals surface area contributed by atoms with Crippen molar-refractivity contribution in [2.24, 2.45) is 0 Å². The normalized spacial score (nSPS) is 11.7. The van der Waals surface area contributed by atoms with Crippen molar-refractivity contribution in [2.45, 2.75) is 46.0 Å². The van der Waals surface area contributed by atoms with Gasteiger partial charge in [-0.2, -0.15) is 0 Å². The molecule has 3 nitrogen and oxygen atoms in total. The molecule has 0 amide bonds. The van der Waals surface area contributed by atoms with Gasteiger partial charge in [-0.1, -0.05) is 69.0 Å². The Hall–Kier alpha value is -2.29. The number of carboxylic acid groups (broad SMARTS) is 1. The van der Waals surface area contributed by atoms with Crippen LogP contribution in [0.1, 0.15) is 51.5 Å². The van der Waals surface area contributed by atoms with Crippen LogP contribution in [0.2, 0.25) is 0 Å². The number of ether oxygens (including phenoxy) is 1. The van der Waals surface area contributed by atoms with E-state index < -0.39 is 5.97 Å². The molecule has 0 fully saturated rings. The second-order valence-corrected chi connectivity index (χ2v) is 6.10. The van der Waals surface area contributed by atoms with E-state index in [2.05, 4.69) is 6.92 Å². The Balaban J connectivity index is 2.23. The first-order valence-electron chi connectivity index (χ1n) is 8.69. The Kier molecular flexibility index (Phi) is 6.86. The molecule has 0 aliphatic rings. The van der Waals surface area contributed by atoms with Gasteiger partial charge in [-0.25, -0.2) is 4.79 Å². The number of hydrogen-bond acceptors (Lipinski definition) is 2. The minimum Gasteiger partial charge on any atom is -0.492 e. The van der Waals surface area contributed by atoms with Gasteiger partial charge in [0.15, 0.2) is 0 Å². The van der Waals surface area contributed by atoms with Crippen molar-refractivity contribution in [1.82, 2.24) is 0 Å². The number of aliphatic carboxylic acids is 1. The van der Waals surface area contributed by atoms with E-state index in [0.717, 1.165) is 34.9 Å². The number of benzene rings is 2. The summed E-state index contributed by atoms with van der Waals surface area (Å²) in [5, 5.41) is 11.3. The van der Waals surface area contributed by atoms with E-state index >= 15 is 0 Å². The Morgan fingerprint density at radius 1 is 1.08 bits per heavy atom. The first-order chi connectivity index (χ1) is 11.6. The number of hydrogen-bond donors (Lipinski definition) is 1. The lowest BCUT2D eigenvalue weighted by Crippen LogP contribution is -2.01. The lowest BCUT2D eigenvalue weighted by Gasteiger charge is -2.13. The summed E-state index contributed by atoms with van der Waals surface area (Å²) in [6.07, 6.45) is 7.59. The van der Waals surface area contributed by atoms with Crippen LogP contribution in [0.4, 0.5) is 0 Å². The fraction of sp³-hybridized carbons (Fsp3) is 0.381. The Morgan fingerprint density at radius 3 is 2.58 bits per heavy atom. The van der Waals surface area contributed by atoms with Crippen LogP contribution in [-0.2, 0) is 4.79 Å². The first-order valence-corrected chi connectivity index (χ1v) is 8.69. The summed E-state index contributed by atoms with van der Waals surface area (Å²) in [6, 6.07) is 12.0. The molecule has 0 unspecified atom stereocenters. The lowest BCUT2D eigenvalue weighted by molar-refractivity contribution is -0.132. The van der Waals surface area contributed by atoms with Gasteiger partial charge < -0.3 is 9.84 Å². The van der Waals surface area contributed by atoms with Gasteiger partial charge in [0.1, 0.15) is 5.75 Å². The lowest BCUT2D eigenvalue weighted by atomic mass is 10.0. The van der Waals surface area contributed by atoms with Crippen LogP contribution in [0.25, 0.3) is 16.8 Å². The molecule has 24 heavy (non-hydrogen) atoms. The molecule has 0 atom stereocenters. The fourth-order valence-corrected chi connectivity index (χ4v) is 2.71. The average Bonchev–Trinajstić information content (AvgIpc) is 2.59.